The molecular weight excluding hydrogens is 280 g/mol. The number of rotatable bonds is 5. The van der Waals surface area contributed by atoms with E-state index in [9.17, 15) is 0 Å². The van der Waals surface area contributed by atoms with E-state index in [4.69, 9.17) is 4.12 Å². The molecule has 0 fully saturated rings. The summed E-state index contributed by atoms with van der Waals surface area (Å²) in [5, 5.41) is 1.51. The largest absolute Gasteiger partial charge is 0.454 e. The van der Waals surface area contributed by atoms with E-state index in [1.165, 1.54) is 5.19 Å². The third-order valence-electron chi connectivity index (χ3n) is 3.60. The van der Waals surface area contributed by atoms with Crippen molar-refractivity contribution < 1.29 is 4.12 Å². The maximum Gasteiger partial charge on any atom is 0.199 e. The van der Waals surface area contributed by atoms with Crippen LogP contribution in [0.5, 0.6) is 0 Å². The molecule has 0 saturated heterocycles. The standard InChI is InChI=1S/C15H30OSi3/c1-14(2)19(18(6,7)8,16-17(3,4)5)15-12-10-9-11-13-15/h9-14H,1-8H3. The predicted octanol–water partition coefficient (Wildman–Crippen LogP) is 4.52. The molecule has 0 heterocycles. The summed E-state index contributed by atoms with van der Waals surface area (Å²) in [7, 11) is -4.84. The second-order valence-corrected chi connectivity index (χ2v) is 27.2. The van der Waals surface area contributed by atoms with Crippen molar-refractivity contribution in [2.24, 2.45) is 0 Å². The highest BCUT2D eigenvalue weighted by Gasteiger charge is 2.53. The van der Waals surface area contributed by atoms with Crippen LogP contribution < -0.4 is 5.19 Å². The predicted molar refractivity (Wildman–Crippen MR) is 94.7 cm³/mol. The molecule has 19 heavy (non-hydrogen) atoms. The van der Waals surface area contributed by atoms with Gasteiger partial charge in [0.2, 0.25) is 0 Å². The summed E-state index contributed by atoms with van der Waals surface area (Å²) in [4.78, 5) is 0. The van der Waals surface area contributed by atoms with Crippen LogP contribution in [0.15, 0.2) is 30.3 Å². The third-order valence-corrected chi connectivity index (χ3v) is 22.6. The van der Waals surface area contributed by atoms with Gasteiger partial charge < -0.3 is 4.12 Å². The molecule has 1 atom stereocenters. The fraction of sp³-hybridized carbons (Fsp3) is 0.600. The van der Waals surface area contributed by atoms with Crippen LogP contribution in [-0.4, -0.2) is 23.7 Å². The van der Waals surface area contributed by atoms with Crippen molar-refractivity contribution in [3.63, 3.8) is 0 Å². The first-order valence-electron chi connectivity index (χ1n) is 7.26. The van der Waals surface area contributed by atoms with Crippen LogP contribution in [0.2, 0.25) is 44.8 Å². The summed E-state index contributed by atoms with van der Waals surface area (Å²) >= 11 is 0. The quantitative estimate of drug-likeness (QED) is 0.727. The molecule has 0 aliphatic heterocycles. The normalized spacial score (nSPS) is 16.5. The molecule has 1 aromatic rings. The first kappa shape index (κ1) is 16.9. The number of benzene rings is 1. The van der Waals surface area contributed by atoms with Crippen molar-refractivity contribution in [3.8, 4) is 0 Å². The van der Waals surface area contributed by atoms with Gasteiger partial charge in [-0.15, -0.1) is 0 Å². The van der Waals surface area contributed by atoms with E-state index in [0.29, 0.717) is 5.54 Å². The molecular formula is C15H30OSi3. The second-order valence-electron chi connectivity index (χ2n) is 7.72. The van der Waals surface area contributed by atoms with E-state index in [1.54, 1.807) is 0 Å². The van der Waals surface area contributed by atoms with E-state index >= 15 is 0 Å². The van der Waals surface area contributed by atoms with E-state index in [2.05, 4.69) is 83.5 Å². The fourth-order valence-electron chi connectivity index (χ4n) is 3.13. The lowest BCUT2D eigenvalue weighted by Gasteiger charge is -2.48. The average Bonchev–Trinajstić information content (AvgIpc) is 2.23. The highest BCUT2D eigenvalue weighted by atomic mass is 29.3. The van der Waals surface area contributed by atoms with E-state index in [-0.39, 0.29) is 0 Å². The Labute approximate surface area is 122 Å². The molecule has 0 radical (unpaired) electrons. The third kappa shape index (κ3) is 3.68. The maximum absolute atomic E-state index is 6.98. The molecule has 1 unspecified atom stereocenters. The van der Waals surface area contributed by atoms with Gasteiger partial charge in [-0.25, -0.2) is 0 Å². The van der Waals surface area contributed by atoms with Crippen LogP contribution in [0.4, 0.5) is 0 Å². The molecule has 0 aliphatic rings. The van der Waals surface area contributed by atoms with Crippen LogP contribution in [0.3, 0.4) is 0 Å². The zero-order valence-electron chi connectivity index (χ0n) is 13.9. The first-order chi connectivity index (χ1) is 8.51. The minimum Gasteiger partial charge on any atom is -0.454 e. The van der Waals surface area contributed by atoms with Crippen molar-refractivity contribution in [2.45, 2.75) is 58.7 Å². The van der Waals surface area contributed by atoms with Gasteiger partial charge in [-0.2, -0.15) is 0 Å². The molecule has 108 valence electrons. The van der Waals surface area contributed by atoms with Crippen molar-refractivity contribution >= 4 is 28.9 Å². The number of hydrogen-bond donors (Lipinski definition) is 0. The summed E-state index contributed by atoms with van der Waals surface area (Å²) in [6.07, 6.45) is 0. The van der Waals surface area contributed by atoms with Crippen LogP contribution in [0.25, 0.3) is 0 Å². The molecule has 0 aromatic heterocycles. The van der Waals surface area contributed by atoms with Crippen LogP contribution >= 0.6 is 0 Å². The first-order valence-corrected chi connectivity index (χ1v) is 17.2. The molecule has 0 amide bonds. The Morgan fingerprint density at radius 2 is 1.32 bits per heavy atom. The topological polar surface area (TPSA) is 9.23 Å². The Morgan fingerprint density at radius 1 is 0.842 bits per heavy atom. The highest BCUT2D eigenvalue weighted by molar-refractivity contribution is 7.45. The number of hydrogen-bond acceptors (Lipinski definition) is 1. The van der Waals surface area contributed by atoms with Gasteiger partial charge in [-0.1, -0.05) is 63.8 Å². The molecule has 0 aliphatic carbocycles. The average molecular weight is 311 g/mol. The minimum atomic E-state index is -1.89. The fourth-order valence-corrected chi connectivity index (χ4v) is 27.4. The van der Waals surface area contributed by atoms with E-state index in [0.717, 1.165) is 0 Å². The minimum absolute atomic E-state index is 0.633. The molecule has 0 bridgehead atoms. The molecule has 0 N–H and O–H groups in total. The van der Waals surface area contributed by atoms with Gasteiger partial charge in [0.05, 0.1) is 7.59 Å². The summed E-state index contributed by atoms with van der Waals surface area (Å²) in [5.74, 6) is 0. The lowest BCUT2D eigenvalue weighted by atomic mass is 10.4. The lowest BCUT2D eigenvalue weighted by molar-refractivity contribution is 0.553. The van der Waals surface area contributed by atoms with Gasteiger partial charge in [0.15, 0.2) is 16.2 Å². The maximum atomic E-state index is 6.98. The zero-order chi connectivity index (χ0) is 14.9. The van der Waals surface area contributed by atoms with Crippen molar-refractivity contribution in [1.82, 2.24) is 0 Å². The molecule has 1 nitrogen and oxygen atoms in total. The van der Waals surface area contributed by atoms with Crippen LogP contribution in [0.1, 0.15) is 13.8 Å². The Kier molecular flexibility index (Phi) is 5.04. The molecule has 1 aromatic carbocycles. The molecule has 0 spiro atoms. The Balaban J connectivity index is 3.46. The van der Waals surface area contributed by atoms with Crippen molar-refractivity contribution in [2.75, 3.05) is 0 Å². The van der Waals surface area contributed by atoms with E-state index in [1.807, 2.05) is 0 Å². The lowest BCUT2D eigenvalue weighted by Crippen LogP contribution is -2.72. The Hall–Kier alpha value is -0.169. The Morgan fingerprint density at radius 3 is 1.63 bits per heavy atom. The van der Waals surface area contributed by atoms with Gasteiger partial charge in [-0.05, 0) is 30.4 Å². The van der Waals surface area contributed by atoms with Gasteiger partial charge >= 0.3 is 0 Å². The van der Waals surface area contributed by atoms with Crippen LogP contribution in [-0.2, 0) is 4.12 Å². The summed E-state index contributed by atoms with van der Waals surface area (Å²) in [5.41, 5.74) is 0.633. The van der Waals surface area contributed by atoms with Crippen molar-refractivity contribution in [1.29, 1.82) is 0 Å². The van der Waals surface area contributed by atoms with Gasteiger partial charge in [0.25, 0.3) is 0 Å². The molecule has 1 rings (SSSR count). The van der Waals surface area contributed by atoms with Crippen LogP contribution in [0, 0.1) is 0 Å². The zero-order valence-corrected chi connectivity index (χ0v) is 16.9. The van der Waals surface area contributed by atoms with Gasteiger partial charge in [0.1, 0.15) is 0 Å². The second kappa shape index (κ2) is 5.68. The SMILES string of the molecule is CC(C)[Si](O[Si](C)(C)C)(c1ccccc1)[Si](C)(C)C. The highest BCUT2D eigenvalue weighted by Crippen LogP contribution is 2.34. The van der Waals surface area contributed by atoms with Gasteiger partial charge in [0, 0.05) is 0 Å². The van der Waals surface area contributed by atoms with Gasteiger partial charge in [-0.3, -0.25) is 0 Å². The summed E-state index contributed by atoms with van der Waals surface area (Å²) in [6.45, 7) is 19.2. The van der Waals surface area contributed by atoms with E-state index < -0.39 is 23.7 Å². The summed E-state index contributed by atoms with van der Waals surface area (Å²) < 4.78 is 6.98. The summed E-state index contributed by atoms with van der Waals surface area (Å²) in [6, 6.07) is 11.1. The monoisotopic (exact) mass is 310 g/mol. The smallest absolute Gasteiger partial charge is 0.199 e. The Bertz CT molecular complexity index is 404. The van der Waals surface area contributed by atoms with Crippen molar-refractivity contribution in [3.05, 3.63) is 30.3 Å². The molecule has 0 saturated carbocycles. The molecule has 4 heteroatoms.